The van der Waals surface area contributed by atoms with Crippen LogP contribution in [0.1, 0.15) is 41.7 Å². The van der Waals surface area contributed by atoms with Gasteiger partial charge in [-0.1, -0.05) is 87.7 Å². The lowest BCUT2D eigenvalue weighted by molar-refractivity contribution is -0.139. The van der Waals surface area contributed by atoms with Gasteiger partial charge in [0.2, 0.25) is 11.8 Å². The van der Waals surface area contributed by atoms with E-state index in [1.165, 1.54) is 16.7 Å². The van der Waals surface area contributed by atoms with Gasteiger partial charge in [-0.2, -0.15) is 0 Å². The lowest BCUT2D eigenvalue weighted by Crippen LogP contribution is -2.52. The van der Waals surface area contributed by atoms with Crippen LogP contribution in [-0.4, -0.2) is 34.6 Å². The van der Waals surface area contributed by atoms with Crippen LogP contribution in [0.3, 0.4) is 0 Å². The van der Waals surface area contributed by atoms with Crippen LogP contribution in [0, 0.1) is 13.8 Å². The number of hydrogen-bond donors (Lipinski definition) is 1. The van der Waals surface area contributed by atoms with Crippen molar-refractivity contribution in [3.63, 3.8) is 0 Å². The molecule has 1 atom stereocenters. The molecule has 0 aliphatic carbocycles. The molecule has 190 valence electrons. The molecule has 0 radical (unpaired) electrons. The van der Waals surface area contributed by atoms with Gasteiger partial charge in [0.25, 0.3) is 0 Å². The maximum absolute atomic E-state index is 13.7. The Labute approximate surface area is 228 Å². The van der Waals surface area contributed by atoms with Gasteiger partial charge >= 0.3 is 0 Å². The smallest absolute Gasteiger partial charge is 0.243 e. The molecular weight excluding hydrogens is 532 g/mol. The van der Waals surface area contributed by atoms with Crippen molar-refractivity contribution in [2.45, 2.75) is 58.5 Å². The molecule has 2 amide bonds. The molecule has 0 unspecified atom stereocenters. The highest BCUT2D eigenvalue weighted by atomic mass is 79.9. The molecule has 3 aromatic carbocycles. The quantitative estimate of drug-likeness (QED) is 0.289. The largest absolute Gasteiger partial charge is 0.352 e. The predicted molar refractivity (Wildman–Crippen MR) is 154 cm³/mol. The van der Waals surface area contributed by atoms with Gasteiger partial charge in [-0.25, -0.2) is 0 Å². The summed E-state index contributed by atoms with van der Waals surface area (Å²) < 4.78 is 0.978. The molecule has 4 nitrogen and oxygen atoms in total. The molecular formula is C30H35BrN2O2S. The summed E-state index contributed by atoms with van der Waals surface area (Å²) in [6.45, 7) is 8.44. The molecule has 3 aromatic rings. The summed E-state index contributed by atoms with van der Waals surface area (Å²) in [5.74, 6) is 0.900. The molecule has 0 bridgehead atoms. The number of halogens is 1. The van der Waals surface area contributed by atoms with Crippen LogP contribution >= 0.6 is 27.7 Å². The van der Waals surface area contributed by atoms with Crippen LogP contribution in [0.25, 0.3) is 0 Å². The van der Waals surface area contributed by atoms with Crippen LogP contribution in [0.2, 0.25) is 0 Å². The third-order valence-corrected chi connectivity index (χ3v) is 7.26. The number of thioether (sulfide) groups is 1. The topological polar surface area (TPSA) is 49.4 Å². The zero-order valence-corrected chi connectivity index (χ0v) is 23.9. The van der Waals surface area contributed by atoms with E-state index < -0.39 is 6.04 Å². The van der Waals surface area contributed by atoms with Gasteiger partial charge in [-0.15, -0.1) is 11.8 Å². The Hall–Kier alpha value is -2.57. The summed E-state index contributed by atoms with van der Waals surface area (Å²) in [5, 5.41) is 3.04. The lowest BCUT2D eigenvalue weighted by Gasteiger charge is -2.32. The molecule has 36 heavy (non-hydrogen) atoms. The van der Waals surface area contributed by atoms with E-state index in [2.05, 4.69) is 53.3 Å². The summed E-state index contributed by atoms with van der Waals surface area (Å²) in [6.07, 6.45) is 0.462. The van der Waals surface area contributed by atoms with Crippen molar-refractivity contribution in [1.82, 2.24) is 10.2 Å². The van der Waals surface area contributed by atoms with E-state index in [0.29, 0.717) is 18.7 Å². The zero-order valence-electron chi connectivity index (χ0n) is 21.5. The third kappa shape index (κ3) is 8.82. The van der Waals surface area contributed by atoms with E-state index in [-0.39, 0.29) is 17.9 Å². The highest BCUT2D eigenvalue weighted by molar-refractivity contribution is 9.10. The number of rotatable bonds is 11. The van der Waals surface area contributed by atoms with Crippen molar-refractivity contribution in [3.8, 4) is 0 Å². The number of carbonyl (C=O) groups excluding carboxylic acids is 2. The number of nitrogens with one attached hydrogen (secondary N) is 1. The number of amides is 2. The van der Waals surface area contributed by atoms with Crippen molar-refractivity contribution in [2.75, 3.05) is 5.75 Å². The molecule has 1 N–H and O–H groups in total. The third-order valence-electron chi connectivity index (χ3n) is 5.74. The number of aryl methyl sites for hydroxylation is 2. The van der Waals surface area contributed by atoms with E-state index in [9.17, 15) is 9.59 Å². The molecule has 0 aliphatic heterocycles. The minimum absolute atomic E-state index is 0.0145. The Morgan fingerprint density at radius 1 is 0.889 bits per heavy atom. The van der Waals surface area contributed by atoms with Crippen LogP contribution < -0.4 is 5.32 Å². The van der Waals surface area contributed by atoms with E-state index in [0.717, 1.165) is 21.4 Å². The first-order chi connectivity index (χ1) is 17.2. The molecule has 0 aromatic heterocycles. The molecule has 0 spiro atoms. The second-order valence-electron chi connectivity index (χ2n) is 9.51. The van der Waals surface area contributed by atoms with Crippen LogP contribution in [-0.2, 0) is 28.3 Å². The van der Waals surface area contributed by atoms with E-state index in [4.69, 9.17) is 0 Å². The summed E-state index contributed by atoms with van der Waals surface area (Å²) in [4.78, 5) is 28.8. The SMILES string of the molecule is Cc1cc(C)cc(CSCC(=O)N(Cc2ccc(Br)cc2)[C@@H](Cc2ccccc2)C(=O)NC(C)C)c1. The first kappa shape index (κ1) is 28.0. The summed E-state index contributed by atoms with van der Waals surface area (Å²) >= 11 is 5.07. The van der Waals surface area contributed by atoms with Crippen molar-refractivity contribution < 1.29 is 9.59 Å². The Balaban J connectivity index is 1.84. The molecule has 0 saturated carbocycles. The Morgan fingerprint density at radius 2 is 1.53 bits per heavy atom. The Bertz CT molecular complexity index is 1130. The fraction of sp³-hybridized carbons (Fsp3) is 0.333. The summed E-state index contributed by atoms with van der Waals surface area (Å²) in [5.41, 5.74) is 5.67. The van der Waals surface area contributed by atoms with Crippen LogP contribution in [0.5, 0.6) is 0 Å². The van der Waals surface area contributed by atoms with E-state index in [1.807, 2.05) is 68.4 Å². The first-order valence-electron chi connectivity index (χ1n) is 12.2. The van der Waals surface area contributed by atoms with Crippen LogP contribution in [0.4, 0.5) is 0 Å². The second kappa shape index (κ2) is 13.7. The minimum Gasteiger partial charge on any atom is -0.352 e. The van der Waals surface area contributed by atoms with Crippen molar-refractivity contribution in [3.05, 3.63) is 105 Å². The predicted octanol–water partition coefficient (Wildman–Crippen LogP) is 6.46. The molecule has 0 fully saturated rings. The number of nitrogens with zero attached hydrogens (tertiary/aromatic N) is 1. The van der Waals surface area contributed by atoms with E-state index >= 15 is 0 Å². The maximum atomic E-state index is 13.7. The van der Waals surface area contributed by atoms with Gasteiger partial charge in [0.15, 0.2) is 0 Å². The molecule has 0 saturated heterocycles. The van der Waals surface area contributed by atoms with Gasteiger partial charge in [0.1, 0.15) is 6.04 Å². The van der Waals surface area contributed by atoms with Gasteiger partial charge in [0.05, 0.1) is 5.75 Å². The van der Waals surface area contributed by atoms with E-state index in [1.54, 1.807) is 16.7 Å². The van der Waals surface area contributed by atoms with Crippen molar-refractivity contribution >= 4 is 39.5 Å². The Morgan fingerprint density at radius 3 is 2.14 bits per heavy atom. The average molecular weight is 568 g/mol. The summed E-state index contributed by atoms with van der Waals surface area (Å²) in [6, 6.07) is 23.7. The normalized spacial score (nSPS) is 11.8. The van der Waals surface area contributed by atoms with Gasteiger partial charge in [-0.05, 0) is 56.5 Å². The lowest BCUT2D eigenvalue weighted by atomic mass is 10.0. The first-order valence-corrected chi connectivity index (χ1v) is 14.2. The van der Waals surface area contributed by atoms with Crippen molar-refractivity contribution in [1.29, 1.82) is 0 Å². The molecule has 3 rings (SSSR count). The van der Waals surface area contributed by atoms with Gasteiger partial charge < -0.3 is 10.2 Å². The van der Waals surface area contributed by atoms with Crippen molar-refractivity contribution in [2.24, 2.45) is 0 Å². The molecule has 0 aliphatic rings. The fourth-order valence-electron chi connectivity index (χ4n) is 4.21. The number of benzene rings is 3. The zero-order chi connectivity index (χ0) is 26.1. The fourth-order valence-corrected chi connectivity index (χ4v) is 5.32. The highest BCUT2D eigenvalue weighted by Gasteiger charge is 2.30. The standard InChI is InChI=1S/C30H35BrN2O2S/c1-21(2)32-30(35)28(17-24-8-6-5-7-9-24)33(18-25-10-12-27(31)13-11-25)29(34)20-36-19-26-15-22(3)14-23(4)16-26/h5-16,21,28H,17-20H2,1-4H3,(H,32,35)/t28-/m0/s1. The van der Waals surface area contributed by atoms with Gasteiger partial charge in [0, 0.05) is 29.2 Å². The molecule has 0 heterocycles. The highest BCUT2D eigenvalue weighted by Crippen LogP contribution is 2.20. The number of carbonyl (C=O) groups is 2. The van der Waals surface area contributed by atoms with Crippen LogP contribution in [0.15, 0.2) is 77.3 Å². The number of hydrogen-bond acceptors (Lipinski definition) is 3. The second-order valence-corrected chi connectivity index (χ2v) is 11.4. The Kier molecular flexibility index (Phi) is 10.6. The monoisotopic (exact) mass is 566 g/mol. The minimum atomic E-state index is -0.604. The summed E-state index contributed by atoms with van der Waals surface area (Å²) in [7, 11) is 0. The maximum Gasteiger partial charge on any atom is 0.243 e. The molecule has 6 heteroatoms. The van der Waals surface area contributed by atoms with Gasteiger partial charge in [-0.3, -0.25) is 9.59 Å². The average Bonchev–Trinajstić information content (AvgIpc) is 2.82.